The van der Waals surface area contributed by atoms with Gasteiger partial charge in [-0.05, 0) is 49.1 Å². The minimum Gasteiger partial charge on any atom is -0.362 e. The quantitative estimate of drug-likeness (QED) is 0.568. The number of imidazole rings is 1. The van der Waals surface area contributed by atoms with Crippen molar-refractivity contribution >= 4 is 11.6 Å². The van der Waals surface area contributed by atoms with Gasteiger partial charge in [-0.15, -0.1) is 0 Å². The third kappa shape index (κ3) is 6.17. The largest absolute Gasteiger partial charge is 0.411 e. The molecule has 0 radical (unpaired) electrons. The Labute approximate surface area is 186 Å². The molecular formula is C21H26F5N5O2. The summed E-state index contributed by atoms with van der Waals surface area (Å²) in [6.45, 7) is -2.18. The lowest BCUT2D eigenvalue weighted by Gasteiger charge is -2.31. The van der Waals surface area contributed by atoms with E-state index in [0.29, 0.717) is 29.7 Å². The first kappa shape index (κ1) is 23.8. The Morgan fingerprint density at radius 3 is 2.58 bits per heavy atom. The van der Waals surface area contributed by atoms with Gasteiger partial charge in [0.2, 0.25) is 11.8 Å². The van der Waals surface area contributed by atoms with E-state index < -0.39 is 43.3 Å². The van der Waals surface area contributed by atoms with Crippen LogP contribution in [-0.4, -0.2) is 45.8 Å². The maximum absolute atomic E-state index is 13.5. The van der Waals surface area contributed by atoms with Crippen LogP contribution in [0, 0.1) is 11.8 Å². The molecule has 0 aliphatic heterocycles. The SMILES string of the molecule is N[C@H](c1cn2ncc([C@H](NC(=O)COCC(F)(F)F)C3CC3)cc2n1)C1CCC(F)(F)CC1. The number of aromatic nitrogens is 3. The molecule has 2 atom stereocenters. The second-order valence-electron chi connectivity index (χ2n) is 8.97. The number of carbonyl (C=O) groups is 1. The molecule has 2 fully saturated rings. The fourth-order valence-corrected chi connectivity index (χ4v) is 4.28. The highest BCUT2D eigenvalue weighted by Gasteiger charge is 2.38. The normalized spacial score (nSPS) is 21.2. The summed E-state index contributed by atoms with van der Waals surface area (Å²) in [6.07, 6.45) is 0.778. The summed E-state index contributed by atoms with van der Waals surface area (Å²) < 4.78 is 69.5. The minimum atomic E-state index is -4.50. The topological polar surface area (TPSA) is 94.5 Å². The van der Waals surface area contributed by atoms with Gasteiger partial charge in [0.05, 0.1) is 30.2 Å². The molecule has 2 aromatic rings. The number of amides is 1. The van der Waals surface area contributed by atoms with Crippen LogP contribution >= 0.6 is 0 Å². The molecule has 0 unspecified atom stereocenters. The van der Waals surface area contributed by atoms with Gasteiger partial charge in [-0.25, -0.2) is 18.3 Å². The molecule has 0 spiro atoms. The third-order valence-electron chi connectivity index (χ3n) is 6.24. The molecule has 4 rings (SSSR count). The second kappa shape index (κ2) is 9.13. The summed E-state index contributed by atoms with van der Waals surface area (Å²) in [7, 11) is 0. The predicted octanol–water partition coefficient (Wildman–Crippen LogP) is 3.70. The fraction of sp³-hybridized carbons (Fsp3) is 0.667. The number of hydrogen-bond acceptors (Lipinski definition) is 5. The minimum absolute atomic E-state index is 0.0933. The van der Waals surface area contributed by atoms with Gasteiger partial charge < -0.3 is 15.8 Å². The molecular weight excluding hydrogens is 449 g/mol. The molecule has 2 aromatic heterocycles. The molecule has 2 aliphatic rings. The molecule has 2 heterocycles. The highest BCUT2D eigenvalue weighted by atomic mass is 19.4. The van der Waals surface area contributed by atoms with Crippen LogP contribution < -0.4 is 11.1 Å². The number of rotatable bonds is 8. The Hall–Kier alpha value is -2.34. The Bertz CT molecular complexity index is 981. The van der Waals surface area contributed by atoms with Crippen molar-refractivity contribution in [3.05, 3.63) is 29.7 Å². The molecule has 12 heteroatoms. The van der Waals surface area contributed by atoms with Gasteiger partial charge in [0.15, 0.2) is 5.65 Å². The number of ether oxygens (including phenoxy) is 1. The van der Waals surface area contributed by atoms with E-state index in [1.54, 1.807) is 18.5 Å². The Kier molecular flexibility index (Phi) is 6.59. The van der Waals surface area contributed by atoms with Crippen molar-refractivity contribution in [1.82, 2.24) is 19.9 Å². The molecule has 1 amide bonds. The molecule has 182 valence electrons. The van der Waals surface area contributed by atoms with E-state index in [0.717, 1.165) is 12.8 Å². The van der Waals surface area contributed by atoms with Gasteiger partial charge >= 0.3 is 6.18 Å². The summed E-state index contributed by atoms with van der Waals surface area (Å²) in [5.41, 5.74) is 8.05. The van der Waals surface area contributed by atoms with Crippen molar-refractivity contribution in [1.29, 1.82) is 0 Å². The zero-order chi connectivity index (χ0) is 23.8. The van der Waals surface area contributed by atoms with Crippen LogP contribution in [0.5, 0.6) is 0 Å². The molecule has 2 aliphatic carbocycles. The van der Waals surface area contributed by atoms with Crippen LogP contribution in [0.1, 0.15) is 61.9 Å². The van der Waals surface area contributed by atoms with Crippen LogP contribution in [0.4, 0.5) is 22.0 Å². The van der Waals surface area contributed by atoms with Gasteiger partial charge in [-0.1, -0.05) is 0 Å². The van der Waals surface area contributed by atoms with Crippen molar-refractivity contribution in [3.8, 4) is 0 Å². The molecule has 0 saturated heterocycles. The predicted molar refractivity (Wildman–Crippen MR) is 107 cm³/mol. The molecule has 3 N–H and O–H groups in total. The Morgan fingerprint density at radius 1 is 1.24 bits per heavy atom. The summed E-state index contributed by atoms with van der Waals surface area (Å²) in [5.74, 6) is -3.21. The summed E-state index contributed by atoms with van der Waals surface area (Å²) in [5, 5.41) is 7.06. The lowest BCUT2D eigenvalue weighted by Crippen LogP contribution is -2.34. The van der Waals surface area contributed by atoms with Crippen molar-refractivity contribution in [2.75, 3.05) is 13.2 Å². The smallest absolute Gasteiger partial charge is 0.362 e. The van der Waals surface area contributed by atoms with E-state index in [-0.39, 0.29) is 24.7 Å². The van der Waals surface area contributed by atoms with Crippen molar-refractivity contribution < 1.29 is 31.5 Å². The molecule has 0 bridgehead atoms. The monoisotopic (exact) mass is 475 g/mol. The summed E-state index contributed by atoms with van der Waals surface area (Å²) in [4.78, 5) is 16.6. The number of nitrogens with zero attached hydrogens (tertiary/aromatic N) is 3. The van der Waals surface area contributed by atoms with E-state index >= 15 is 0 Å². The van der Waals surface area contributed by atoms with Gasteiger partial charge in [0.1, 0.15) is 13.2 Å². The van der Waals surface area contributed by atoms with Crippen LogP contribution in [0.15, 0.2) is 18.5 Å². The fourth-order valence-electron chi connectivity index (χ4n) is 4.28. The van der Waals surface area contributed by atoms with E-state index in [4.69, 9.17) is 5.73 Å². The van der Waals surface area contributed by atoms with Crippen LogP contribution in [0.25, 0.3) is 5.65 Å². The van der Waals surface area contributed by atoms with Crippen LogP contribution in [0.2, 0.25) is 0 Å². The number of nitrogens with one attached hydrogen (secondary N) is 1. The van der Waals surface area contributed by atoms with Gasteiger partial charge in [0, 0.05) is 12.8 Å². The number of halogens is 5. The van der Waals surface area contributed by atoms with Crippen molar-refractivity contribution in [2.24, 2.45) is 17.6 Å². The number of alkyl halides is 5. The van der Waals surface area contributed by atoms with Gasteiger partial charge in [-0.3, -0.25) is 4.79 Å². The third-order valence-corrected chi connectivity index (χ3v) is 6.24. The highest BCUT2D eigenvalue weighted by molar-refractivity contribution is 5.77. The number of fused-ring (bicyclic) bond motifs is 1. The number of carbonyl (C=O) groups excluding carboxylic acids is 1. The average molecular weight is 475 g/mol. The number of hydrogen-bond donors (Lipinski definition) is 2. The van der Waals surface area contributed by atoms with Crippen LogP contribution in [-0.2, 0) is 9.53 Å². The van der Waals surface area contributed by atoms with Crippen molar-refractivity contribution in [3.63, 3.8) is 0 Å². The van der Waals surface area contributed by atoms with E-state index in [9.17, 15) is 26.7 Å². The molecule has 2 saturated carbocycles. The maximum Gasteiger partial charge on any atom is 0.411 e. The Balaban J connectivity index is 1.43. The highest BCUT2D eigenvalue weighted by Crippen LogP contribution is 2.42. The first-order valence-electron chi connectivity index (χ1n) is 10.9. The lowest BCUT2D eigenvalue weighted by atomic mass is 9.81. The maximum atomic E-state index is 13.5. The van der Waals surface area contributed by atoms with E-state index in [2.05, 4.69) is 20.1 Å². The van der Waals surface area contributed by atoms with E-state index in [1.807, 2.05) is 0 Å². The number of nitrogens with two attached hydrogens (primary N) is 1. The van der Waals surface area contributed by atoms with Crippen molar-refractivity contribution in [2.45, 2.75) is 62.7 Å². The standard InChI is InChI=1S/C21H26F5N5O2/c22-20(23)5-3-12(4-6-20)18(27)15-9-31-16(29-15)7-14(8-28-31)19(13-1-2-13)30-17(32)10-33-11-21(24,25)26/h7-9,12-13,18-19H,1-6,10-11,27H2,(H,30,32)/t18-,19+/m0/s1. The molecule has 0 aromatic carbocycles. The first-order chi connectivity index (χ1) is 15.5. The molecule has 33 heavy (non-hydrogen) atoms. The summed E-state index contributed by atoms with van der Waals surface area (Å²) >= 11 is 0. The average Bonchev–Trinajstić information content (AvgIpc) is 3.48. The lowest BCUT2D eigenvalue weighted by molar-refractivity contribution is -0.175. The van der Waals surface area contributed by atoms with Gasteiger partial charge in [0.25, 0.3) is 0 Å². The van der Waals surface area contributed by atoms with Crippen LogP contribution in [0.3, 0.4) is 0 Å². The zero-order valence-corrected chi connectivity index (χ0v) is 17.8. The van der Waals surface area contributed by atoms with Gasteiger partial charge in [-0.2, -0.15) is 18.3 Å². The first-order valence-corrected chi connectivity index (χ1v) is 10.9. The van der Waals surface area contributed by atoms with E-state index in [1.165, 1.54) is 4.52 Å². The second-order valence-corrected chi connectivity index (χ2v) is 8.97. The Morgan fingerprint density at radius 2 is 1.94 bits per heavy atom. The summed E-state index contributed by atoms with van der Waals surface area (Å²) in [6, 6.07) is 0.841. The molecule has 7 nitrogen and oxygen atoms in total. The zero-order valence-electron chi connectivity index (χ0n) is 17.8.